The van der Waals surface area contributed by atoms with Gasteiger partial charge in [-0.1, -0.05) is 0 Å². The molecule has 3 heterocycles. The number of carbonyl (C=O) groups excluding carboxylic acids is 1. The monoisotopic (exact) mass is 275 g/mol. The first kappa shape index (κ1) is 12.4. The Balaban J connectivity index is 1.64. The first-order valence-electron chi connectivity index (χ1n) is 6.53. The van der Waals surface area contributed by atoms with Crippen molar-refractivity contribution in [2.24, 2.45) is 7.05 Å². The third kappa shape index (κ3) is 2.42. The third-order valence-corrected chi connectivity index (χ3v) is 4.51. The van der Waals surface area contributed by atoms with Gasteiger partial charge in [0.15, 0.2) is 0 Å². The molecule has 4 nitrogen and oxygen atoms in total. The van der Waals surface area contributed by atoms with Crippen molar-refractivity contribution in [1.29, 1.82) is 0 Å². The zero-order valence-corrected chi connectivity index (χ0v) is 11.8. The average molecular weight is 275 g/mol. The number of likely N-dealkylation sites (tertiary alicyclic amines) is 1. The summed E-state index contributed by atoms with van der Waals surface area (Å²) >= 11 is 1.57. The third-order valence-electron chi connectivity index (χ3n) is 3.82. The molecule has 0 aromatic carbocycles. The number of amides is 1. The first-order valence-corrected chi connectivity index (χ1v) is 7.47. The molecule has 0 saturated carbocycles. The molecule has 19 heavy (non-hydrogen) atoms. The second-order valence-electron chi connectivity index (χ2n) is 5.01. The maximum Gasteiger partial charge on any atom is 0.254 e. The molecular weight excluding hydrogens is 258 g/mol. The number of rotatable bonds is 2. The Kier molecular flexibility index (Phi) is 3.38. The van der Waals surface area contributed by atoms with E-state index in [1.807, 2.05) is 41.3 Å². The Labute approximate surface area is 116 Å². The molecule has 0 N–H and O–H groups in total. The highest BCUT2D eigenvalue weighted by molar-refractivity contribution is 7.08. The van der Waals surface area contributed by atoms with Crippen molar-refractivity contribution < 1.29 is 4.79 Å². The molecule has 0 bridgehead atoms. The number of thiophene rings is 1. The molecular formula is C14H17N3OS. The van der Waals surface area contributed by atoms with Crippen LogP contribution >= 0.6 is 11.3 Å². The lowest BCUT2D eigenvalue weighted by Gasteiger charge is -2.32. The number of carbonyl (C=O) groups is 1. The minimum atomic E-state index is 0.171. The molecule has 5 heteroatoms. The SMILES string of the molecule is Cn1cncc1C1CCN(C(=O)c2ccsc2)CC1. The molecule has 1 amide bonds. The summed E-state index contributed by atoms with van der Waals surface area (Å²) < 4.78 is 2.08. The molecule has 2 aromatic heterocycles. The van der Waals surface area contributed by atoms with Gasteiger partial charge >= 0.3 is 0 Å². The predicted octanol–water partition coefficient (Wildman–Crippen LogP) is 2.50. The lowest BCUT2D eigenvalue weighted by Crippen LogP contribution is -2.38. The largest absolute Gasteiger partial charge is 0.339 e. The van der Waals surface area contributed by atoms with Gasteiger partial charge in [-0.15, -0.1) is 0 Å². The minimum absolute atomic E-state index is 0.171. The summed E-state index contributed by atoms with van der Waals surface area (Å²) in [5.74, 6) is 0.698. The van der Waals surface area contributed by atoms with Crippen molar-refractivity contribution >= 4 is 17.2 Å². The summed E-state index contributed by atoms with van der Waals surface area (Å²) in [6.07, 6.45) is 5.84. The zero-order chi connectivity index (χ0) is 13.2. The highest BCUT2D eigenvalue weighted by atomic mass is 32.1. The van der Waals surface area contributed by atoms with Gasteiger partial charge in [-0.05, 0) is 24.3 Å². The second-order valence-corrected chi connectivity index (χ2v) is 5.79. The topological polar surface area (TPSA) is 38.1 Å². The smallest absolute Gasteiger partial charge is 0.254 e. The molecule has 1 aliphatic rings. The summed E-state index contributed by atoms with van der Waals surface area (Å²) in [4.78, 5) is 18.4. The van der Waals surface area contributed by atoms with E-state index < -0.39 is 0 Å². The van der Waals surface area contributed by atoms with Crippen LogP contribution in [0.4, 0.5) is 0 Å². The number of nitrogens with zero attached hydrogens (tertiary/aromatic N) is 3. The van der Waals surface area contributed by atoms with E-state index in [1.165, 1.54) is 5.69 Å². The fourth-order valence-electron chi connectivity index (χ4n) is 2.71. The molecule has 0 spiro atoms. The molecule has 0 atom stereocenters. The maximum absolute atomic E-state index is 12.2. The normalized spacial score (nSPS) is 16.8. The van der Waals surface area contributed by atoms with Crippen LogP contribution in [0, 0.1) is 0 Å². The Bertz CT molecular complexity index is 553. The van der Waals surface area contributed by atoms with Crippen LogP contribution in [0.1, 0.15) is 34.8 Å². The Morgan fingerprint density at radius 1 is 1.42 bits per heavy atom. The summed E-state index contributed by atoms with van der Waals surface area (Å²) in [6.45, 7) is 1.68. The van der Waals surface area contributed by atoms with Gasteiger partial charge < -0.3 is 9.47 Å². The summed E-state index contributed by atoms with van der Waals surface area (Å²) in [5, 5.41) is 3.88. The van der Waals surface area contributed by atoms with Gasteiger partial charge in [0.05, 0.1) is 11.9 Å². The van der Waals surface area contributed by atoms with Gasteiger partial charge in [-0.2, -0.15) is 11.3 Å². The quantitative estimate of drug-likeness (QED) is 0.844. The van der Waals surface area contributed by atoms with Crippen molar-refractivity contribution in [2.45, 2.75) is 18.8 Å². The van der Waals surface area contributed by atoms with Crippen molar-refractivity contribution in [3.8, 4) is 0 Å². The van der Waals surface area contributed by atoms with Gasteiger partial charge in [0.25, 0.3) is 5.91 Å². The van der Waals surface area contributed by atoms with Crippen LogP contribution in [-0.4, -0.2) is 33.4 Å². The van der Waals surface area contributed by atoms with Crippen LogP contribution < -0.4 is 0 Å². The minimum Gasteiger partial charge on any atom is -0.339 e. The highest BCUT2D eigenvalue weighted by Gasteiger charge is 2.25. The van der Waals surface area contributed by atoms with Gasteiger partial charge in [0, 0.05) is 43.3 Å². The number of aryl methyl sites for hydroxylation is 1. The van der Waals surface area contributed by atoms with E-state index in [4.69, 9.17) is 0 Å². The fourth-order valence-corrected chi connectivity index (χ4v) is 3.34. The number of hydrogen-bond acceptors (Lipinski definition) is 3. The van der Waals surface area contributed by atoms with Crippen LogP contribution in [0.5, 0.6) is 0 Å². The lowest BCUT2D eigenvalue weighted by molar-refractivity contribution is 0.0712. The van der Waals surface area contributed by atoms with E-state index in [2.05, 4.69) is 9.55 Å². The van der Waals surface area contributed by atoms with Crippen LogP contribution in [0.25, 0.3) is 0 Å². The second kappa shape index (κ2) is 5.17. The molecule has 2 aromatic rings. The van der Waals surface area contributed by atoms with E-state index in [0.29, 0.717) is 5.92 Å². The zero-order valence-electron chi connectivity index (χ0n) is 11.0. The van der Waals surface area contributed by atoms with Crippen LogP contribution in [0.3, 0.4) is 0 Å². The average Bonchev–Trinajstić information content (AvgIpc) is 3.09. The highest BCUT2D eigenvalue weighted by Crippen LogP contribution is 2.28. The summed E-state index contributed by atoms with van der Waals surface area (Å²) in [5.41, 5.74) is 2.10. The van der Waals surface area contributed by atoms with Crippen LogP contribution in [-0.2, 0) is 7.05 Å². The summed E-state index contributed by atoms with van der Waals surface area (Å²) in [7, 11) is 2.03. The number of aromatic nitrogens is 2. The first-order chi connectivity index (χ1) is 9.25. The molecule has 100 valence electrons. The van der Waals surface area contributed by atoms with Crippen molar-refractivity contribution in [2.75, 3.05) is 13.1 Å². The molecule has 0 unspecified atom stereocenters. The van der Waals surface area contributed by atoms with Crippen LogP contribution in [0.2, 0.25) is 0 Å². The molecule has 1 saturated heterocycles. The molecule has 0 radical (unpaired) electrons. The standard InChI is InChI=1S/C14H17N3OS/c1-16-10-15-8-13(16)11-2-5-17(6-3-11)14(18)12-4-7-19-9-12/h4,7-11H,2-3,5-6H2,1H3. The molecule has 3 rings (SSSR count). The Morgan fingerprint density at radius 3 is 2.79 bits per heavy atom. The number of hydrogen-bond donors (Lipinski definition) is 0. The van der Waals surface area contributed by atoms with Crippen molar-refractivity contribution in [1.82, 2.24) is 14.5 Å². The van der Waals surface area contributed by atoms with E-state index in [1.54, 1.807) is 11.3 Å². The van der Waals surface area contributed by atoms with Gasteiger partial charge in [-0.3, -0.25) is 4.79 Å². The van der Waals surface area contributed by atoms with Gasteiger partial charge in [-0.25, -0.2) is 4.98 Å². The Morgan fingerprint density at radius 2 is 2.21 bits per heavy atom. The van der Waals surface area contributed by atoms with Gasteiger partial charge in [0.1, 0.15) is 0 Å². The fraction of sp³-hybridized carbons (Fsp3) is 0.429. The van der Waals surface area contributed by atoms with Crippen LogP contribution in [0.15, 0.2) is 29.4 Å². The maximum atomic E-state index is 12.2. The van der Waals surface area contributed by atoms with E-state index in [0.717, 1.165) is 31.5 Å². The van der Waals surface area contributed by atoms with E-state index in [9.17, 15) is 4.79 Å². The molecule has 0 aliphatic carbocycles. The van der Waals surface area contributed by atoms with Crippen molar-refractivity contribution in [3.63, 3.8) is 0 Å². The predicted molar refractivity (Wildman–Crippen MR) is 75.4 cm³/mol. The van der Waals surface area contributed by atoms with E-state index in [-0.39, 0.29) is 5.91 Å². The van der Waals surface area contributed by atoms with Gasteiger partial charge in [0.2, 0.25) is 0 Å². The lowest BCUT2D eigenvalue weighted by atomic mass is 9.93. The van der Waals surface area contributed by atoms with Crippen molar-refractivity contribution in [3.05, 3.63) is 40.6 Å². The molecule has 1 fully saturated rings. The number of piperidine rings is 1. The molecule has 1 aliphatic heterocycles. The Hall–Kier alpha value is -1.62. The number of imidazole rings is 1. The summed E-state index contributed by atoms with van der Waals surface area (Å²) in [6, 6.07) is 1.90. The van der Waals surface area contributed by atoms with E-state index >= 15 is 0 Å².